The summed E-state index contributed by atoms with van der Waals surface area (Å²) in [6.45, 7) is 2.79. The standard InChI is InChI=1S/C24H27N7O2S/c1-4-19(30(2)3)21-26-29-24(31(21)15-17-11-7-5-8-12-17)34-16-20(32)25-23-28-27-22(33-23)18-13-9-6-10-14-18/h5-14,19H,4,15-16H2,1-3H3,(H,25,28,32)/p+1/t19-/m0/s1. The lowest BCUT2D eigenvalue weighted by Gasteiger charge is -2.20. The van der Waals surface area contributed by atoms with Gasteiger partial charge in [0.1, 0.15) is 6.04 Å². The van der Waals surface area contributed by atoms with E-state index in [2.05, 4.69) is 63.4 Å². The Morgan fingerprint density at radius 1 is 1.03 bits per heavy atom. The highest BCUT2D eigenvalue weighted by atomic mass is 32.2. The van der Waals surface area contributed by atoms with Crippen molar-refractivity contribution in [3.63, 3.8) is 0 Å². The first-order valence-electron chi connectivity index (χ1n) is 11.1. The zero-order chi connectivity index (χ0) is 23.9. The fraction of sp³-hybridized carbons (Fsp3) is 0.292. The Bertz CT molecular complexity index is 1210. The number of benzene rings is 2. The Balaban J connectivity index is 1.46. The molecular weight excluding hydrogens is 450 g/mol. The van der Waals surface area contributed by atoms with Crippen molar-refractivity contribution in [1.29, 1.82) is 0 Å². The average molecular weight is 479 g/mol. The van der Waals surface area contributed by atoms with E-state index < -0.39 is 0 Å². The fourth-order valence-electron chi connectivity index (χ4n) is 3.68. The first kappa shape index (κ1) is 23.7. The normalized spacial score (nSPS) is 12.1. The minimum atomic E-state index is -0.255. The monoisotopic (exact) mass is 478 g/mol. The highest BCUT2D eigenvalue weighted by Gasteiger charge is 2.25. The van der Waals surface area contributed by atoms with Crippen molar-refractivity contribution in [2.75, 3.05) is 25.2 Å². The molecule has 0 unspecified atom stereocenters. The summed E-state index contributed by atoms with van der Waals surface area (Å²) in [7, 11) is 4.23. The molecule has 4 rings (SSSR count). The zero-order valence-corrected chi connectivity index (χ0v) is 20.2. The second kappa shape index (κ2) is 11.1. The molecule has 34 heavy (non-hydrogen) atoms. The zero-order valence-electron chi connectivity index (χ0n) is 19.4. The lowest BCUT2D eigenvalue weighted by Crippen LogP contribution is -3.06. The van der Waals surface area contributed by atoms with Gasteiger partial charge in [0.05, 0.1) is 26.4 Å². The highest BCUT2D eigenvalue weighted by molar-refractivity contribution is 7.99. The lowest BCUT2D eigenvalue weighted by atomic mass is 10.2. The van der Waals surface area contributed by atoms with Crippen molar-refractivity contribution in [3.8, 4) is 11.5 Å². The Hall–Kier alpha value is -3.50. The van der Waals surface area contributed by atoms with Crippen LogP contribution in [-0.2, 0) is 11.3 Å². The van der Waals surface area contributed by atoms with Gasteiger partial charge in [-0.1, -0.05) is 72.3 Å². The van der Waals surface area contributed by atoms with Crippen molar-refractivity contribution in [2.45, 2.75) is 31.1 Å². The molecular formula is C24H28N7O2S+. The van der Waals surface area contributed by atoms with Gasteiger partial charge in [-0.2, -0.15) is 0 Å². The second-order valence-electron chi connectivity index (χ2n) is 8.07. The largest absolute Gasteiger partial charge is 0.403 e. The van der Waals surface area contributed by atoms with Crippen LogP contribution in [0.2, 0.25) is 0 Å². The number of thioether (sulfide) groups is 1. The fourth-order valence-corrected chi connectivity index (χ4v) is 4.43. The maximum atomic E-state index is 12.6. The van der Waals surface area contributed by atoms with Crippen molar-refractivity contribution >= 4 is 23.7 Å². The van der Waals surface area contributed by atoms with E-state index in [0.29, 0.717) is 17.6 Å². The molecule has 1 amide bonds. The van der Waals surface area contributed by atoms with Crippen LogP contribution in [0.5, 0.6) is 0 Å². The van der Waals surface area contributed by atoms with E-state index in [-0.39, 0.29) is 23.7 Å². The van der Waals surface area contributed by atoms with E-state index in [1.54, 1.807) is 0 Å². The van der Waals surface area contributed by atoms with Crippen LogP contribution in [0.25, 0.3) is 11.5 Å². The van der Waals surface area contributed by atoms with E-state index in [4.69, 9.17) is 4.42 Å². The lowest BCUT2D eigenvalue weighted by molar-refractivity contribution is -0.893. The van der Waals surface area contributed by atoms with Crippen molar-refractivity contribution in [3.05, 3.63) is 72.1 Å². The Morgan fingerprint density at radius 3 is 2.41 bits per heavy atom. The molecule has 0 saturated heterocycles. The molecule has 1 atom stereocenters. The minimum absolute atomic E-state index is 0.0677. The van der Waals surface area contributed by atoms with Crippen LogP contribution in [0.1, 0.15) is 30.8 Å². The number of carbonyl (C=O) groups is 1. The second-order valence-corrected chi connectivity index (χ2v) is 9.01. The predicted octanol–water partition coefficient (Wildman–Crippen LogP) is 2.70. The smallest absolute Gasteiger partial charge is 0.322 e. The van der Waals surface area contributed by atoms with E-state index >= 15 is 0 Å². The van der Waals surface area contributed by atoms with E-state index in [9.17, 15) is 4.79 Å². The van der Waals surface area contributed by atoms with Crippen molar-refractivity contribution in [2.24, 2.45) is 0 Å². The number of nitrogens with one attached hydrogen (secondary N) is 2. The van der Waals surface area contributed by atoms with Crippen molar-refractivity contribution in [1.82, 2.24) is 25.0 Å². The molecule has 2 aromatic heterocycles. The summed E-state index contributed by atoms with van der Waals surface area (Å²) in [4.78, 5) is 13.9. The van der Waals surface area contributed by atoms with Gasteiger partial charge in [-0.15, -0.1) is 15.3 Å². The van der Waals surface area contributed by atoms with Gasteiger partial charge in [0.15, 0.2) is 11.0 Å². The van der Waals surface area contributed by atoms with Crippen LogP contribution < -0.4 is 10.2 Å². The first-order chi connectivity index (χ1) is 16.5. The number of hydrogen-bond donors (Lipinski definition) is 2. The van der Waals surface area contributed by atoms with Crippen LogP contribution in [0.4, 0.5) is 6.01 Å². The summed E-state index contributed by atoms with van der Waals surface area (Å²) in [6, 6.07) is 19.9. The van der Waals surface area contributed by atoms with Gasteiger partial charge >= 0.3 is 6.01 Å². The highest BCUT2D eigenvalue weighted by Crippen LogP contribution is 2.23. The molecule has 0 saturated carbocycles. The molecule has 0 fully saturated rings. The van der Waals surface area contributed by atoms with Gasteiger partial charge in [0.25, 0.3) is 0 Å². The molecule has 0 bridgehead atoms. The molecule has 0 radical (unpaired) electrons. The van der Waals surface area contributed by atoms with Crippen LogP contribution in [-0.4, -0.2) is 50.7 Å². The molecule has 0 aliphatic heterocycles. The maximum Gasteiger partial charge on any atom is 0.322 e. The Kier molecular flexibility index (Phi) is 7.71. The Labute approximate surface area is 202 Å². The topological polar surface area (TPSA) is 103 Å². The quantitative estimate of drug-likeness (QED) is 0.338. The number of carbonyl (C=O) groups excluding carboxylic acids is 1. The molecule has 2 N–H and O–H groups in total. The van der Waals surface area contributed by atoms with Gasteiger partial charge in [0, 0.05) is 12.0 Å². The molecule has 0 spiro atoms. The number of rotatable bonds is 10. The number of nitrogens with zero attached hydrogens (tertiary/aromatic N) is 5. The summed E-state index contributed by atoms with van der Waals surface area (Å²) in [6.07, 6.45) is 0.932. The first-order valence-corrected chi connectivity index (χ1v) is 12.1. The third-order valence-corrected chi connectivity index (χ3v) is 6.34. The number of aromatic nitrogens is 5. The van der Waals surface area contributed by atoms with E-state index in [0.717, 1.165) is 23.4 Å². The maximum absolute atomic E-state index is 12.6. The molecule has 176 valence electrons. The SMILES string of the molecule is CC[C@@H](c1nnc(SCC(=O)Nc2nnc(-c3ccccc3)o2)n1Cc1ccccc1)[NH+](C)C. The summed E-state index contributed by atoms with van der Waals surface area (Å²) in [5, 5.41) is 20.2. The van der Waals surface area contributed by atoms with Crippen LogP contribution in [0.3, 0.4) is 0 Å². The molecule has 0 aliphatic carbocycles. The van der Waals surface area contributed by atoms with Crippen molar-refractivity contribution < 1.29 is 14.1 Å². The van der Waals surface area contributed by atoms with E-state index in [1.165, 1.54) is 16.7 Å². The summed E-state index contributed by atoms with van der Waals surface area (Å²) in [5.74, 6) is 1.15. The number of quaternary nitrogens is 1. The van der Waals surface area contributed by atoms with Gasteiger partial charge in [-0.05, 0) is 17.7 Å². The molecule has 2 heterocycles. The molecule has 9 nitrogen and oxygen atoms in total. The summed E-state index contributed by atoms with van der Waals surface area (Å²) in [5.41, 5.74) is 1.94. The third-order valence-electron chi connectivity index (χ3n) is 5.37. The molecule has 4 aromatic rings. The Morgan fingerprint density at radius 2 is 1.74 bits per heavy atom. The number of anilines is 1. The van der Waals surface area contributed by atoms with Gasteiger partial charge in [-0.3, -0.25) is 14.7 Å². The molecule has 10 heteroatoms. The van der Waals surface area contributed by atoms with Crippen LogP contribution >= 0.6 is 11.8 Å². The summed E-state index contributed by atoms with van der Waals surface area (Å²) >= 11 is 1.34. The average Bonchev–Trinajstić information content (AvgIpc) is 3.47. The van der Waals surface area contributed by atoms with E-state index in [1.807, 2.05) is 48.5 Å². The van der Waals surface area contributed by atoms with Gasteiger partial charge < -0.3 is 9.32 Å². The predicted molar refractivity (Wildman–Crippen MR) is 130 cm³/mol. The number of amides is 1. The van der Waals surface area contributed by atoms with Crippen LogP contribution in [0.15, 0.2) is 70.2 Å². The minimum Gasteiger partial charge on any atom is -0.403 e. The number of hydrogen-bond acceptors (Lipinski definition) is 7. The molecule has 2 aromatic carbocycles. The third kappa shape index (κ3) is 5.70. The summed E-state index contributed by atoms with van der Waals surface area (Å²) < 4.78 is 7.68. The van der Waals surface area contributed by atoms with Gasteiger partial charge in [-0.25, -0.2) is 0 Å². The van der Waals surface area contributed by atoms with Crippen LogP contribution in [0, 0.1) is 0 Å². The van der Waals surface area contributed by atoms with Gasteiger partial charge in [0.2, 0.25) is 11.8 Å². The molecule has 0 aliphatic rings.